The van der Waals surface area contributed by atoms with Crippen LogP contribution in [-0.2, 0) is 22.6 Å². The number of thiazole rings is 1. The first kappa shape index (κ1) is 19.1. The molecular formula is C21H26N4O2S. The van der Waals surface area contributed by atoms with Crippen molar-refractivity contribution in [3.05, 3.63) is 40.9 Å². The Morgan fingerprint density at radius 1 is 1.25 bits per heavy atom. The zero-order valence-corrected chi connectivity index (χ0v) is 16.8. The van der Waals surface area contributed by atoms with Crippen LogP contribution in [0.4, 0.5) is 10.8 Å². The Morgan fingerprint density at radius 3 is 2.93 bits per heavy atom. The minimum atomic E-state index is -0.161. The summed E-state index contributed by atoms with van der Waals surface area (Å²) in [5.74, 6) is -0.235. The molecule has 6 nitrogen and oxygen atoms in total. The Morgan fingerprint density at radius 2 is 2.07 bits per heavy atom. The summed E-state index contributed by atoms with van der Waals surface area (Å²) in [6, 6.07) is 7.84. The molecule has 2 amide bonds. The Bertz CT molecular complexity index is 844. The van der Waals surface area contributed by atoms with Crippen LogP contribution >= 0.6 is 11.3 Å². The molecule has 1 fully saturated rings. The van der Waals surface area contributed by atoms with Gasteiger partial charge in [0.05, 0.1) is 5.69 Å². The highest BCUT2D eigenvalue weighted by Crippen LogP contribution is 2.27. The molecule has 1 saturated heterocycles. The van der Waals surface area contributed by atoms with E-state index in [4.69, 9.17) is 0 Å². The second-order valence-electron chi connectivity index (χ2n) is 7.62. The van der Waals surface area contributed by atoms with E-state index in [1.165, 1.54) is 30.6 Å². The number of piperidine rings is 1. The van der Waals surface area contributed by atoms with Crippen LogP contribution in [0.2, 0.25) is 0 Å². The number of benzene rings is 1. The smallest absolute Gasteiger partial charge is 0.227 e. The van der Waals surface area contributed by atoms with Crippen molar-refractivity contribution in [2.45, 2.75) is 45.1 Å². The van der Waals surface area contributed by atoms with Crippen LogP contribution in [-0.4, -0.2) is 34.8 Å². The van der Waals surface area contributed by atoms with Crippen molar-refractivity contribution >= 4 is 34.0 Å². The van der Waals surface area contributed by atoms with Gasteiger partial charge in [-0.25, -0.2) is 4.98 Å². The average molecular weight is 399 g/mol. The quantitative estimate of drug-likeness (QED) is 0.779. The third-order valence-electron chi connectivity index (χ3n) is 5.46. The van der Waals surface area contributed by atoms with E-state index in [2.05, 4.69) is 20.5 Å². The van der Waals surface area contributed by atoms with Gasteiger partial charge in [-0.05, 0) is 50.4 Å². The molecule has 1 unspecified atom stereocenters. The van der Waals surface area contributed by atoms with Gasteiger partial charge in [-0.2, -0.15) is 0 Å². The summed E-state index contributed by atoms with van der Waals surface area (Å²) in [5, 5.41) is 8.50. The van der Waals surface area contributed by atoms with Gasteiger partial charge in [-0.15, -0.1) is 11.3 Å². The molecule has 3 heterocycles. The molecular weight excluding hydrogens is 372 g/mol. The van der Waals surface area contributed by atoms with E-state index in [9.17, 15) is 9.59 Å². The van der Waals surface area contributed by atoms with Crippen molar-refractivity contribution in [3.63, 3.8) is 0 Å². The molecule has 2 N–H and O–H groups in total. The summed E-state index contributed by atoms with van der Waals surface area (Å²) in [6.07, 6.45) is 5.38. The summed E-state index contributed by atoms with van der Waals surface area (Å²) in [5.41, 5.74) is 3.04. The fraction of sp³-hybridized carbons (Fsp3) is 0.476. The van der Waals surface area contributed by atoms with Gasteiger partial charge < -0.3 is 10.6 Å². The summed E-state index contributed by atoms with van der Waals surface area (Å²) in [4.78, 5) is 31.6. The number of nitrogens with one attached hydrogen (secondary N) is 2. The third-order valence-corrected chi connectivity index (χ3v) is 6.27. The summed E-state index contributed by atoms with van der Waals surface area (Å²) >= 11 is 1.47. The molecule has 1 aromatic heterocycles. The first-order valence-corrected chi connectivity index (χ1v) is 10.9. The maximum Gasteiger partial charge on any atom is 0.227 e. The predicted molar refractivity (Wildman–Crippen MR) is 111 cm³/mol. The summed E-state index contributed by atoms with van der Waals surface area (Å²) in [7, 11) is 0. The number of aromatic nitrogens is 1. The molecule has 0 spiro atoms. The highest BCUT2D eigenvalue weighted by atomic mass is 32.1. The molecule has 4 rings (SSSR count). The van der Waals surface area contributed by atoms with Crippen LogP contribution < -0.4 is 10.6 Å². The van der Waals surface area contributed by atoms with Gasteiger partial charge in [0.1, 0.15) is 0 Å². The standard InChI is InChI=1S/C21H26N4O2S/c26-19(9-8-16-12-15-6-2-3-7-18(15)23-20(16)27)24-21-22-17(14-28-21)13-25-10-4-1-5-11-25/h2-3,6-7,14,16H,1,4-5,8-13H2,(H,23,27)(H,22,24,26). The molecule has 148 valence electrons. The lowest BCUT2D eigenvalue weighted by Crippen LogP contribution is -2.30. The molecule has 7 heteroatoms. The number of para-hydroxylation sites is 1. The molecule has 0 bridgehead atoms. The van der Waals surface area contributed by atoms with E-state index < -0.39 is 0 Å². The lowest BCUT2D eigenvalue weighted by Gasteiger charge is -2.25. The lowest BCUT2D eigenvalue weighted by atomic mass is 9.89. The van der Waals surface area contributed by atoms with Gasteiger partial charge in [-0.1, -0.05) is 24.6 Å². The first-order chi connectivity index (χ1) is 13.7. The van der Waals surface area contributed by atoms with Crippen molar-refractivity contribution in [1.29, 1.82) is 0 Å². The van der Waals surface area contributed by atoms with E-state index in [1.54, 1.807) is 0 Å². The van der Waals surface area contributed by atoms with Crippen molar-refractivity contribution in [2.75, 3.05) is 23.7 Å². The highest BCUT2D eigenvalue weighted by molar-refractivity contribution is 7.13. The normalized spacial score (nSPS) is 19.7. The monoisotopic (exact) mass is 398 g/mol. The lowest BCUT2D eigenvalue weighted by molar-refractivity contribution is -0.121. The topological polar surface area (TPSA) is 74.3 Å². The minimum absolute atomic E-state index is 0.00423. The number of nitrogens with zero attached hydrogens (tertiary/aromatic N) is 2. The predicted octanol–water partition coefficient (Wildman–Crippen LogP) is 3.66. The molecule has 0 saturated carbocycles. The Kier molecular flexibility index (Phi) is 6.02. The van der Waals surface area contributed by atoms with Crippen LogP contribution in [0.25, 0.3) is 0 Å². The fourth-order valence-corrected chi connectivity index (χ4v) is 4.63. The van der Waals surface area contributed by atoms with Crippen molar-refractivity contribution in [2.24, 2.45) is 5.92 Å². The van der Waals surface area contributed by atoms with Crippen molar-refractivity contribution in [1.82, 2.24) is 9.88 Å². The van der Waals surface area contributed by atoms with Crippen LogP contribution in [0.15, 0.2) is 29.6 Å². The zero-order valence-electron chi connectivity index (χ0n) is 15.9. The molecule has 2 aromatic rings. The number of carbonyl (C=O) groups is 2. The Balaban J connectivity index is 1.25. The molecule has 2 aliphatic heterocycles. The van der Waals surface area contributed by atoms with E-state index in [0.717, 1.165) is 36.6 Å². The SMILES string of the molecule is O=C(CCC1Cc2ccccc2NC1=O)Nc1nc(CN2CCCCC2)cs1. The van der Waals surface area contributed by atoms with Gasteiger partial charge in [0.2, 0.25) is 11.8 Å². The molecule has 2 aliphatic rings. The zero-order chi connectivity index (χ0) is 19.3. The second kappa shape index (κ2) is 8.84. The average Bonchev–Trinajstić information content (AvgIpc) is 3.13. The number of likely N-dealkylation sites (tertiary alicyclic amines) is 1. The Labute approximate surface area is 169 Å². The number of hydrogen-bond donors (Lipinski definition) is 2. The van der Waals surface area contributed by atoms with Crippen LogP contribution in [0.3, 0.4) is 0 Å². The molecule has 28 heavy (non-hydrogen) atoms. The van der Waals surface area contributed by atoms with Gasteiger partial charge in [0.15, 0.2) is 5.13 Å². The van der Waals surface area contributed by atoms with Crippen LogP contribution in [0, 0.1) is 5.92 Å². The second-order valence-corrected chi connectivity index (χ2v) is 8.47. The van der Waals surface area contributed by atoms with Crippen molar-refractivity contribution < 1.29 is 9.59 Å². The van der Waals surface area contributed by atoms with Gasteiger partial charge >= 0.3 is 0 Å². The molecule has 1 atom stereocenters. The fourth-order valence-electron chi connectivity index (χ4n) is 3.92. The molecule has 0 radical (unpaired) electrons. The van der Waals surface area contributed by atoms with Gasteiger partial charge in [-0.3, -0.25) is 14.5 Å². The maximum atomic E-state index is 12.3. The highest BCUT2D eigenvalue weighted by Gasteiger charge is 2.26. The maximum absolute atomic E-state index is 12.3. The first-order valence-electron chi connectivity index (χ1n) is 10.0. The van der Waals surface area contributed by atoms with Crippen LogP contribution in [0.1, 0.15) is 43.4 Å². The minimum Gasteiger partial charge on any atom is -0.326 e. The number of carbonyl (C=O) groups excluding carboxylic acids is 2. The summed E-state index contributed by atoms with van der Waals surface area (Å²) < 4.78 is 0. The Hall–Kier alpha value is -2.25. The summed E-state index contributed by atoms with van der Waals surface area (Å²) in [6.45, 7) is 3.12. The number of fused-ring (bicyclic) bond motifs is 1. The molecule has 1 aromatic carbocycles. The number of amides is 2. The number of hydrogen-bond acceptors (Lipinski definition) is 5. The van der Waals surface area contributed by atoms with E-state index in [-0.39, 0.29) is 17.7 Å². The number of anilines is 2. The third kappa shape index (κ3) is 4.77. The van der Waals surface area contributed by atoms with E-state index >= 15 is 0 Å². The van der Waals surface area contributed by atoms with Gasteiger partial charge in [0, 0.05) is 30.0 Å². The van der Waals surface area contributed by atoms with E-state index in [0.29, 0.717) is 24.4 Å². The van der Waals surface area contributed by atoms with Gasteiger partial charge in [0.25, 0.3) is 0 Å². The van der Waals surface area contributed by atoms with Crippen molar-refractivity contribution in [3.8, 4) is 0 Å². The largest absolute Gasteiger partial charge is 0.326 e. The number of rotatable bonds is 6. The molecule has 0 aliphatic carbocycles. The van der Waals surface area contributed by atoms with Crippen LogP contribution in [0.5, 0.6) is 0 Å². The van der Waals surface area contributed by atoms with E-state index in [1.807, 2.05) is 29.6 Å².